The number of benzene rings is 1. The van der Waals surface area contributed by atoms with E-state index < -0.39 is 5.97 Å². The van der Waals surface area contributed by atoms with E-state index in [-0.39, 0.29) is 0 Å². The number of carboxylic acid groups (broad SMARTS) is 1. The zero-order valence-corrected chi connectivity index (χ0v) is 11.2. The second-order valence-corrected chi connectivity index (χ2v) is 5.34. The third-order valence-corrected chi connectivity index (χ3v) is 4.00. The van der Waals surface area contributed by atoms with Gasteiger partial charge in [-0.2, -0.15) is 0 Å². The van der Waals surface area contributed by atoms with Gasteiger partial charge >= 0.3 is 5.97 Å². The minimum absolute atomic E-state index is 0.382. The molecule has 0 aliphatic rings. The van der Waals surface area contributed by atoms with Crippen LogP contribution in [0.25, 0.3) is 0 Å². The second kappa shape index (κ2) is 5.23. The predicted octanol–water partition coefficient (Wildman–Crippen LogP) is 3.68. The summed E-state index contributed by atoms with van der Waals surface area (Å²) in [6.45, 7) is 4.81. The van der Waals surface area contributed by atoms with Gasteiger partial charge in [0, 0.05) is 17.1 Å². The van der Waals surface area contributed by atoms with Crippen molar-refractivity contribution in [2.45, 2.75) is 20.4 Å². The Morgan fingerprint density at radius 3 is 2.72 bits per heavy atom. The standard InChI is InChI=1S/C14H15NO2S/c1-9-4-3-5-12(10(9)2)15-8-11-6-7-13(18-11)14(16)17/h3-7,15H,8H2,1-2H3,(H,16,17). The van der Waals surface area contributed by atoms with Gasteiger partial charge in [-0.05, 0) is 43.2 Å². The van der Waals surface area contributed by atoms with Crippen molar-refractivity contribution in [1.82, 2.24) is 0 Å². The SMILES string of the molecule is Cc1cccc(NCc2ccc(C(=O)O)s2)c1C. The normalized spacial score (nSPS) is 10.3. The van der Waals surface area contributed by atoms with Crippen LogP contribution >= 0.6 is 11.3 Å². The number of hydrogen-bond acceptors (Lipinski definition) is 3. The number of carbonyl (C=O) groups is 1. The van der Waals surface area contributed by atoms with Crippen molar-refractivity contribution >= 4 is 23.0 Å². The molecule has 0 aliphatic carbocycles. The van der Waals surface area contributed by atoms with E-state index in [0.717, 1.165) is 10.6 Å². The molecule has 0 spiro atoms. The number of thiophene rings is 1. The molecule has 1 aromatic heterocycles. The molecular formula is C14H15NO2S. The minimum Gasteiger partial charge on any atom is -0.477 e. The molecule has 2 rings (SSSR count). The number of anilines is 1. The molecule has 0 fully saturated rings. The van der Waals surface area contributed by atoms with E-state index in [1.165, 1.54) is 22.5 Å². The molecule has 3 nitrogen and oxygen atoms in total. The van der Waals surface area contributed by atoms with E-state index in [1.807, 2.05) is 18.2 Å². The fourth-order valence-electron chi connectivity index (χ4n) is 1.71. The van der Waals surface area contributed by atoms with Gasteiger partial charge in [-0.15, -0.1) is 11.3 Å². The summed E-state index contributed by atoms with van der Waals surface area (Å²) in [6, 6.07) is 9.63. The molecule has 0 radical (unpaired) electrons. The van der Waals surface area contributed by atoms with Crippen molar-refractivity contribution in [3.8, 4) is 0 Å². The average molecular weight is 261 g/mol. The van der Waals surface area contributed by atoms with Gasteiger partial charge in [0.15, 0.2) is 0 Å². The summed E-state index contributed by atoms with van der Waals surface area (Å²) in [5.74, 6) is -0.863. The maximum Gasteiger partial charge on any atom is 0.345 e. The Morgan fingerprint density at radius 1 is 1.28 bits per heavy atom. The van der Waals surface area contributed by atoms with Crippen LogP contribution in [0, 0.1) is 13.8 Å². The Bertz CT molecular complexity index is 575. The number of rotatable bonds is 4. The fourth-order valence-corrected chi connectivity index (χ4v) is 2.50. The highest BCUT2D eigenvalue weighted by Crippen LogP contribution is 2.21. The van der Waals surface area contributed by atoms with Crippen LogP contribution in [0.3, 0.4) is 0 Å². The van der Waals surface area contributed by atoms with Crippen LogP contribution in [0.1, 0.15) is 25.7 Å². The fraction of sp³-hybridized carbons (Fsp3) is 0.214. The minimum atomic E-state index is -0.863. The highest BCUT2D eigenvalue weighted by atomic mass is 32.1. The van der Waals surface area contributed by atoms with Crippen molar-refractivity contribution in [3.05, 3.63) is 51.2 Å². The molecule has 1 aromatic carbocycles. The quantitative estimate of drug-likeness (QED) is 0.882. The number of carboxylic acids is 1. The molecule has 0 atom stereocenters. The Labute approximate surface area is 110 Å². The first-order valence-corrected chi connectivity index (χ1v) is 6.51. The lowest BCUT2D eigenvalue weighted by Crippen LogP contribution is -2.00. The van der Waals surface area contributed by atoms with Gasteiger partial charge in [-0.25, -0.2) is 4.79 Å². The van der Waals surface area contributed by atoms with Crippen LogP contribution in [0.15, 0.2) is 30.3 Å². The molecule has 0 bridgehead atoms. The smallest absolute Gasteiger partial charge is 0.345 e. The monoisotopic (exact) mass is 261 g/mol. The number of hydrogen-bond donors (Lipinski definition) is 2. The molecule has 1 heterocycles. The third kappa shape index (κ3) is 2.71. The average Bonchev–Trinajstić information content (AvgIpc) is 2.80. The van der Waals surface area contributed by atoms with E-state index in [9.17, 15) is 4.79 Å². The van der Waals surface area contributed by atoms with Crippen molar-refractivity contribution in [2.24, 2.45) is 0 Å². The zero-order valence-electron chi connectivity index (χ0n) is 10.4. The predicted molar refractivity (Wildman–Crippen MR) is 74.5 cm³/mol. The van der Waals surface area contributed by atoms with Gasteiger partial charge in [0.1, 0.15) is 4.88 Å². The zero-order chi connectivity index (χ0) is 13.1. The molecule has 0 saturated heterocycles. The number of aromatic carboxylic acids is 1. The van der Waals surface area contributed by atoms with Crippen molar-refractivity contribution < 1.29 is 9.90 Å². The molecule has 18 heavy (non-hydrogen) atoms. The Morgan fingerprint density at radius 2 is 2.06 bits per heavy atom. The Hall–Kier alpha value is -1.81. The second-order valence-electron chi connectivity index (χ2n) is 4.17. The highest BCUT2D eigenvalue weighted by Gasteiger charge is 2.07. The summed E-state index contributed by atoms with van der Waals surface area (Å²) in [6.07, 6.45) is 0. The van der Waals surface area contributed by atoms with Crippen LogP contribution < -0.4 is 5.32 Å². The summed E-state index contributed by atoms with van der Waals surface area (Å²) in [7, 11) is 0. The van der Waals surface area contributed by atoms with E-state index in [0.29, 0.717) is 11.4 Å². The van der Waals surface area contributed by atoms with Gasteiger partial charge in [-0.1, -0.05) is 12.1 Å². The maximum atomic E-state index is 10.8. The van der Waals surface area contributed by atoms with Gasteiger partial charge in [0.25, 0.3) is 0 Å². The molecule has 0 saturated carbocycles. The summed E-state index contributed by atoms with van der Waals surface area (Å²) in [5.41, 5.74) is 3.57. The molecule has 94 valence electrons. The van der Waals surface area contributed by atoms with Crippen LogP contribution in [-0.2, 0) is 6.54 Å². The van der Waals surface area contributed by atoms with E-state index in [4.69, 9.17) is 5.11 Å². The lowest BCUT2D eigenvalue weighted by Gasteiger charge is -2.10. The van der Waals surface area contributed by atoms with E-state index >= 15 is 0 Å². The lowest BCUT2D eigenvalue weighted by molar-refractivity contribution is 0.0702. The van der Waals surface area contributed by atoms with Crippen LogP contribution in [-0.4, -0.2) is 11.1 Å². The molecule has 0 aliphatic heterocycles. The summed E-state index contributed by atoms with van der Waals surface area (Å²) >= 11 is 1.31. The summed E-state index contributed by atoms with van der Waals surface area (Å²) in [4.78, 5) is 12.2. The van der Waals surface area contributed by atoms with Crippen LogP contribution in [0.2, 0.25) is 0 Å². The Kier molecular flexibility index (Phi) is 3.67. The molecule has 0 unspecified atom stereocenters. The summed E-state index contributed by atoms with van der Waals surface area (Å²) in [5, 5.41) is 12.2. The lowest BCUT2D eigenvalue weighted by atomic mass is 10.1. The molecule has 0 amide bonds. The molecule has 4 heteroatoms. The summed E-state index contributed by atoms with van der Waals surface area (Å²) < 4.78 is 0. The van der Waals surface area contributed by atoms with Gasteiger partial charge in [0.05, 0.1) is 0 Å². The van der Waals surface area contributed by atoms with E-state index in [1.54, 1.807) is 6.07 Å². The topological polar surface area (TPSA) is 49.3 Å². The molecular weight excluding hydrogens is 246 g/mol. The molecule has 2 N–H and O–H groups in total. The molecule has 2 aromatic rings. The van der Waals surface area contributed by atoms with E-state index in [2.05, 4.69) is 25.2 Å². The van der Waals surface area contributed by atoms with Gasteiger partial charge < -0.3 is 10.4 Å². The van der Waals surface area contributed by atoms with Crippen LogP contribution in [0.4, 0.5) is 5.69 Å². The third-order valence-electron chi connectivity index (χ3n) is 2.93. The maximum absolute atomic E-state index is 10.8. The van der Waals surface area contributed by atoms with Gasteiger partial charge in [0.2, 0.25) is 0 Å². The van der Waals surface area contributed by atoms with Crippen molar-refractivity contribution in [2.75, 3.05) is 5.32 Å². The first kappa shape index (κ1) is 12.6. The first-order valence-electron chi connectivity index (χ1n) is 5.70. The first-order chi connectivity index (χ1) is 8.58. The number of nitrogens with one attached hydrogen (secondary N) is 1. The van der Waals surface area contributed by atoms with Crippen molar-refractivity contribution in [1.29, 1.82) is 0 Å². The van der Waals surface area contributed by atoms with Crippen LogP contribution in [0.5, 0.6) is 0 Å². The number of aryl methyl sites for hydroxylation is 1. The van der Waals surface area contributed by atoms with Gasteiger partial charge in [-0.3, -0.25) is 0 Å². The highest BCUT2D eigenvalue weighted by molar-refractivity contribution is 7.13. The largest absolute Gasteiger partial charge is 0.477 e. The Balaban J connectivity index is 2.07. The van der Waals surface area contributed by atoms with Crippen molar-refractivity contribution in [3.63, 3.8) is 0 Å².